The van der Waals surface area contributed by atoms with E-state index < -0.39 is 0 Å². The van der Waals surface area contributed by atoms with Gasteiger partial charge in [0.2, 0.25) is 0 Å². The van der Waals surface area contributed by atoms with Crippen LogP contribution in [-0.4, -0.2) is 12.6 Å². The molecule has 0 spiro atoms. The SMILES string of the molecule is C=CC[C@H]1Cc2ccccc2N1C/C=C/c1ccccc1. The molecule has 0 fully saturated rings. The average molecular weight is 275 g/mol. The molecule has 0 aliphatic carbocycles. The summed E-state index contributed by atoms with van der Waals surface area (Å²) < 4.78 is 0. The van der Waals surface area contributed by atoms with Gasteiger partial charge in [0.25, 0.3) is 0 Å². The van der Waals surface area contributed by atoms with Gasteiger partial charge in [-0.1, -0.05) is 66.8 Å². The molecule has 0 bridgehead atoms. The monoisotopic (exact) mass is 275 g/mol. The van der Waals surface area contributed by atoms with Gasteiger partial charge in [0.1, 0.15) is 0 Å². The van der Waals surface area contributed by atoms with E-state index in [0.717, 1.165) is 19.4 Å². The average Bonchev–Trinajstić information content (AvgIpc) is 2.87. The highest BCUT2D eigenvalue weighted by molar-refractivity contribution is 5.61. The highest BCUT2D eigenvalue weighted by Gasteiger charge is 2.26. The Hall–Kier alpha value is -2.28. The van der Waals surface area contributed by atoms with Gasteiger partial charge in [0.15, 0.2) is 0 Å². The maximum atomic E-state index is 3.90. The second-order valence-electron chi connectivity index (χ2n) is 5.48. The first-order chi connectivity index (χ1) is 10.4. The summed E-state index contributed by atoms with van der Waals surface area (Å²) in [6.45, 7) is 4.85. The first-order valence-electron chi connectivity index (χ1n) is 7.55. The fraction of sp³-hybridized carbons (Fsp3) is 0.200. The lowest BCUT2D eigenvalue weighted by molar-refractivity contribution is 0.655. The highest BCUT2D eigenvalue weighted by atomic mass is 15.2. The molecule has 21 heavy (non-hydrogen) atoms. The quantitative estimate of drug-likeness (QED) is 0.714. The number of hydrogen-bond donors (Lipinski definition) is 0. The third-order valence-corrected chi connectivity index (χ3v) is 4.05. The van der Waals surface area contributed by atoms with Crippen LogP contribution in [0.1, 0.15) is 17.5 Å². The minimum absolute atomic E-state index is 0.542. The second kappa shape index (κ2) is 6.45. The van der Waals surface area contributed by atoms with Crippen molar-refractivity contribution in [2.45, 2.75) is 18.9 Å². The molecule has 1 aliphatic rings. The zero-order valence-corrected chi connectivity index (χ0v) is 12.3. The van der Waals surface area contributed by atoms with Gasteiger partial charge in [-0.3, -0.25) is 0 Å². The van der Waals surface area contributed by atoms with Crippen molar-refractivity contribution in [3.8, 4) is 0 Å². The van der Waals surface area contributed by atoms with Crippen molar-refractivity contribution in [1.29, 1.82) is 0 Å². The Labute approximate surface area is 127 Å². The summed E-state index contributed by atoms with van der Waals surface area (Å²) in [5, 5.41) is 0. The fourth-order valence-electron chi connectivity index (χ4n) is 3.04. The third-order valence-electron chi connectivity index (χ3n) is 4.05. The van der Waals surface area contributed by atoms with E-state index in [0.29, 0.717) is 6.04 Å². The maximum Gasteiger partial charge on any atom is 0.0405 e. The summed E-state index contributed by atoms with van der Waals surface area (Å²) in [6, 6.07) is 19.7. The summed E-state index contributed by atoms with van der Waals surface area (Å²) in [7, 11) is 0. The molecule has 106 valence electrons. The molecule has 2 aromatic carbocycles. The van der Waals surface area contributed by atoms with Crippen molar-refractivity contribution in [2.24, 2.45) is 0 Å². The van der Waals surface area contributed by atoms with Crippen LogP contribution < -0.4 is 4.90 Å². The maximum absolute atomic E-state index is 3.90. The smallest absolute Gasteiger partial charge is 0.0405 e. The Morgan fingerprint density at radius 2 is 1.81 bits per heavy atom. The second-order valence-corrected chi connectivity index (χ2v) is 5.48. The van der Waals surface area contributed by atoms with E-state index in [-0.39, 0.29) is 0 Å². The van der Waals surface area contributed by atoms with Crippen LogP contribution in [-0.2, 0) is 6.42 Å². The predicted octanol–water partition coefficient (Wildman–Crippen LogP) is 4.71. The van der Waals surface area contributed by atoms with Crippen molar-refractivity contribution >= 4 is 11.8 Å². The van der Waals surface area contributed by atoms with Crippen LogP contribution in [0.2, 0.25) is 0 Å². The van der Waals surface area contributed by atoms with Crippen molar-refractivity contribution < 1.29 is 0 Å². The molecule has 1 heteroatoms. The van der Waals surface area contributed by atoms with E-state index >= 15 is 0 Å². The Kier molecular flexibility index (Phi) is 4.20. The summed E-state index contributed by atoms with van der Waals surface area (Å²) in [6.07, 6.45) is 8.65. The van der Waals surface area contributed by atoms with Gasteiger partial charge in [-0.2, -0.15) is 0 Å². The number of benzene rings is 2. The van der Waals surface area contributed by atoms with Crippen LogP contribution in [0.15, 0.2) is 73.3 Å². The molecule has 0 N–H and O–H groups in total. The third kappa shape index (κ3) is 3.08. The minimum Gasteiger partial charge on any atom is -0.364 e. The van der Waals surface area contributed by atoms with E-state index in [1.807, 2.05) is 12.1 Å². The van der Waals surface area contributed by atoms with Gasteiger partial charge in [-0.15, -0.1) is 6.58 Å². The van der Waals surface area contributed by atoms with E-state index in [2.05, 4.69) is 72.2 Å². The minimum atomic E-state index is 0.542. The summed E-state index contributed by atoms with van der Waals surface area (Å²) in [4.78, 5) is 2.50. The van der Waals surface area contributed by atoms with E-state index in [1.165, 1.54) is 16.8 Å². The number of para-hydroxylation sites is 1. The zero-order chi connectivity index (χ0) is 14.5. The number of nitrogens with zero attached hydrogens (tertiary/aromatic N) is 1. The van der Waals surface area contributed by atoms with Gasteiger partial charge >= 0.3 is 0 Å². The normalized spacial score (nSPS) is 17.1. The molecule has 0 saturated heterocycles. The molecule has 0 amide bonds. The van der Waals surface area contributed by atoms with Crippen molar-refractivity contribution in [1.82, 2.24) is 0 Å². The molecular weight excluding hydrogens is 254 g/mol. The number of anilines is 1. The molecule has 1 aliphatic heterocycles. The first kappa shape index (κ1) is 13.7. The lowest BCUT2D eigenvalue weighted by Crippen LogP contribution is -2.31. The molecule has 1 atom stereocenters. The van der Waals surface area contributed by atoms with E-state index in [4.69, 9.17) is 0 Å². The van der Waals surface area contributed by atoms with Crippen LogP contribution in [0.3, 0.4) is 0 Å². The number of rotatable bonds is 5. The topological polar surface area (TPSA) is 3.24 Å². The van der Waals surface area contributed by atoms with Gasteiger partial charge in [0.05, 0.1) is 0 Å². The van der Waals surface area contributed by atoms with Crippen LogP contribution >= 0.6 is 0 Å². The largest absolute Gasteiger partial charge is 0.364 e. The van der Waals surface area contributed by atoms with Crippen LogP contribution in [0.5, 0.6) is 0 Å². The highest BCUT2D eigenvalue weighted by Crippen LogP contribution is 2.33. The Morgan fingerprint density at radius 1 is 1.05 bits per heavy atom. The first-order valence-corrected chi connectivity index (χ1v) is 7.55. The summed E-state index contributed by atoms with van der Waals surface area (Å²) in [5.74, 6) is 0. The molecule has 2 aromatic rings. The molecule has 0 aromatic heterocycles. The van der Waals surface area contributed by atoms with E-state index in [9.17, 15) is 0 Å². The fourth-order valence-corrected chi connectivity index (χ4v) is 3.04. The Balaban J connectivity index is 1.75. The van der Waals surface area contributed by atoms with Crippen LogP contribution in [0.25, 0.3) is 6.08 Å². The standard InChI is InChI=1S/C20H21N/c1-2-9-19-16-18-13-6-7-14-20(18)21(19)15-8-12-17-10-4-3-5-11-17/h2-8,10-14,19H,1,9,15-16H2/b12-8+/t19-/m0/s1. The zero-order valence-electron chi connectivity index (χ0n) is 12.3. The number of fused-ring (bicyclic) bond motifs is 1. The van der Waals surface area contributed by atoms with E-state index in [1.54, 1.807) is 0 Å². The molecule has 3 rings (SSSR count). The molecule has 1 heterocycles. The van der Waals surface area contributed by atoms with Crippen molar-refractivity contribution in [3.05, 3.63) is 84.5 Å². The number of hydrogen-bond acceptors (Lipinski definition) is 1. The lowest BCUT2D eigenvalue weighted by atomic mass is 10.1. The molecular formula is C20H21N. The van der Waals surface area contributed by atoms with Gasteiger partial charge in [-0.05, 0) is 30.0 Å². The Morgan fingerprint density at radius 3 is 2.62 bits per heavy atom. The van der Waals surface area contributed by atoms with Crippen molar-refractivity contribution in [2.75, 3.05) is 11.4 Å². The predicted molar refractivity (Wildman–Crippen MR) is 91.6 cm³/mol. The molecule has 1 nitrogen and oxygen atoms in total. The van der Waals surface area contributed by atoms with Crippen LogP contribution in [0.4, 0.5) is 5.69 Å². The van der Waals surface area contributed by atoms with Crippen LogP contribution in [0, 0.1) is 0 Å². The van der Waals surface area contributed by atoms with Gasteiger partial charge in [0, 0.05) is 18.3 Å². The molecule has 0 saturated carbocycles. The summed E-state index contributed by atoms with van der Waals surface area (Å²) in [5.41, 5.74) is 4.09. The Bertz CT molecular complexity index is 627. The molecule has 0 unspecified atom stereocenters. The summed E-state index contributed by atoms with van der Waals surface area (Å²) >= 11 is 0. The van der Waals surface area contributed by atoms with Gasteiger partial charge < -0.3 is 4.90 Å². The lowest BCUT2D eigenvalue weighted by Gasteiger charge is -2.25. The van der Waals surface area contributed by atoms with Crippen molar-refractivity contribution in [3.63, 3.8) is 0 Å². The molecule has 0 radical (unpaired) electrons. The van der Waals surface area contributed by atoms with Gasteiger partial charge in [-0.25, -0.2) is 0 Å².